The maximum absolute atomic E-state index is 12.4. The normalized spacial score (nSPS) is 18.2. The fourth-order valence-electron chi connectivity index (χ4n) is 3.19. The van der Waals surface area contributed by atoms with Gasteiger partial charge in [0.05, 0.1) is 12.3 Å². The SMILES string of the molecule is O=C(c1ccncc1)N1CCC(COc2ccc(C3CC3)nn2)CC1. The third-order valence-electron chi connectivity index (χ3n) is 4.95. The Morgan fingerprint density at radius 1 is 1.04 bits per heavy atom. The molecule has 2 aliphatic rings. The molecule has 1 saturated carbocycles. The Bertz CT molecular complexity index is 708. The smallest absolute Gasteiger partial charge is 0.253 e. The van der Waals surface area contributed by atoms with Crippen molar-refractivity contribution >= 4 is 5.91 Å². The minimum absolute atomic E-state index is 0.0864. The number of carbonyl (C=O) groups is 1. The average Bonchev–Trinajstić information content (AvgIpc) is 3.53. The van der Waals surface area contributed by atoms with E-state index in [1.54, 1.807) is 24.5 Å². The first-order valence-corrected chi connectivity index (χ1v) is 8.95. The molecule has 0 radical (unpaired) electrons. The number of amides is 1. The number of hydrogen-bond acceptors (Lipinski definition) is 5. The standard InChI is InChI=1S/C19H22N4O2/c24-19(16-5-9-20-10-6-16)23-11-7-14(8-12-23)13-25-18-4-3-17(21-22-18)15-1-2-15/h3-6,9-10,14-15H,1-2,7-8,11-13H2. The Kier molecular flexibility index (Phi) is 4.59. The number of piperidine rings is 1. The van der Waals surface area contributed by atoms with Crippen LogP contribution in [0.25, 0.3) is 0 Å². The number of carbonyl (C=O) groups excluding carboxylic acids is 1. The summed E-state index contributed by atoms with van der Waals surface area (Å²) in [7, 11) is 0. The van der Waals surface area contributed by atoms with Crippen LogP contribution in [0.15, 0.2) is 36.7 Å². The van der Waals surface area contributed by atoms with Crippen molar-refractivity contribution in [2.24, 2.45) is 5.92 Å². The summed E-state index contributed by atoms with van der Waals surface area (Å²) in [4.78, 5) is 18.3. The summed E-state index contributed by atoms with van der Waals surface area (Å²) in [6, 6.07) is 7.47. The van der Waals surface area contributed by atoms with Crippen molar-refractivity contribution in [1.29, 1.82) is 0 Å². The van der Waals surface area contributed by atoms with Gasteiger partial charge < -0.3 is 9.64 Å². The molecule has 0 atom stereocenters. The summed E-state index contributed by atoms with van der Waals surface area (Å²) in [6.07, 6.45) is 7.67. The molecule has 0 bridgehead atoms. The zero-order chi connectivity index (χ0) is 17.1. The van der Waals surface area contributed by atoms with E-state index in [1.165, 1.54) is 12.8 Å². The van der Waals surface area contributed by atoms with Crippen LogP contribution in [0, 0.1) is 5.92 Å². The first-order chi connectivity index (χ1) is 12.3. The van der Waals surface area contributed by atoms with Gasteiger partial charge >= 0.3 is 0 Å². The third kappa shape index (κ3) is 3.95. The minimum atomic E-state index is 0.0864. The van der Waals surface area contributed by atoms with Gasteiger partial charge in [-0.2, -0.15) is 5.10 Å². The molecule has 0 spiro atoms. The number of ether oxygens (including phenoxy) is 1. The van der Waals surface area contributed by atoms with Crippen molar-refractivity contribution in [3.8, 4) is 5.88 Å². The highest BCUT2D eigenvalue weighted by Crippen LogP contribution is 2.38. The molecule has 1 aliphatic carbocycles. The van der Waals surface area contributed by atoms with Crippen molar-refractivity contribution in [1.82, 2.24) is 20.1 Å². The summed E-state index contributed by atoms with van der Waals surface area (Å²) in [5, 5.41) is 8.40. The van der Waals surface area contributed by atoms with E-state index in [-0.39, 0.29) is 5.91 Å². The lowest BCUT2D eigenvalue weighted by Crippen LogP contribution is -2.39. The maximum atomic E-state index is 12.4. The predicted octanol–water partition coefficient (Wildman–Crippen LogP) is 2.68. The molecular weight excluding hydrogens is 316 g/mol. The van der Waals surface area contributed by atoms with E-state index in [1.807, 2.05) is 17.0 Å². The summed E-state index contributed by atoms with van der Waals surface area (Å²) in [5.41, 5.74) is 1.78. The molecule has 6 heteroatoms. The fraction of sp³-hybridized carbons (Fsp3) is 0.474. The second-order valence-electron chi connectivity index (χ2n) is 6.85. The zero-order valence-electron chi connectivity index (χ0n) is 14.2. The van der Waals surface area contributed by atoms with Crippen molar-refractivity contribution in [2.75, 3.05) is 19.7 Å². The highest BCUT2D eigenvalue weighted by Gasteiger charge is 2.26. The number of likely N-dealkylation sites (tertiary alicyclic amines) is 1. The predicted molar refractivity (Wildman–Crippen MR) is 92.4 cm³/mol. The molecule has 2 fully saturated rings. The van der Waals surface area contributed by atoms with Crippen LogP contribution in [0.3, 0.4) is 0 Å². The number of hydrogen-bond donors (Lipinski definition) is 0. The van der Waals surface area contributed by atoms with Gasteiger partial charge in [-0.15, -0.1) is 5.10 Å². The second-order valence-corrected chi connectivity index (χ2v) is 6.85. The van der Waals surface area contributed by atoms with E-state index >= 15 is 0 Å². The quantitative estimate of drug-likeness (QED) is 0.838. The monoisotopic (exact) mass is 338 g/mol. The molecule has 25 heavy (non-hydrogen) atoms. The Labute approximate surface area is 147 Å². The van der Waals surface area contributed by atoms with E-state index < -0.39 is 0 Å². The van der Waals surface area contributed by atoms with E-state index in [9.17, 15) is 4.79 Å². The van der Waals surface area contributed by atoms with Crippen molar-refractivity contribution < 1.29 is 9.53 Å². The lowest BCUT2D eigenvalue weighted by Gasteiger charge is -2.31. The number of aromatic nitrogens is 3. The van der Waals surface area contributed by atoms with Crippen LogP contribution >= 0.6 is 0 Å². The van der Waals surface area contributed by atoms with E-state index in [0.29, 0.717) is 29.9 Å². The number of pyridine rings is 1. The van der Waals surface area contributed by atoms with E-state index in [0.717, 1.165) is 31.6 Å². The van der Waals surface area contributed by atoms with Gasteiger partial charge in [-0.05, 0) is 49.8 Å². The second kappa shape index (κ2) is 7.17. The number of rotatable bonds is 5. The van der Waals surface area contributed by atoms with Crippen LogP contribution in [-0.4, -0.2) is 45.7 Å². The Balaban J connectivity index is 1.24. The molecule has 1 aliphatic heterocycles. The third-order valence-corrected chi connectivity index (χ3v) is 4.95. The average molecular weight is 338 g/mol. The summed E-state index contributed by atoms with van der Waals surface area (Å²) < 4.78 is 5.80. The summed E-state index contributed by atoms with van der Waals surface area (Å²) >= 11 is 0. The molecule has 3 heterocycles. The molecule has 2 aromatic heterocycles. The number of nitrogens with zero attached hydrogens (tertiary/aromatic N) is 4. The highest BCUT2D eigenvalue weighted by molar-refractivity contribution is 5.94. The molecular formula is C19H22N4O2. The molecule has 1 amide bonds. The molecule has 130 valence electrons. The van der Waals surface area contributed by atoms with Gasteiger partial charge in [0.15, 0.2) is 0 Å². The first-order valence-electron chi connectivity index (χ1n) is 8.95. The molecule has 4 rings (SSSR count). The van der Waals surface area contributed by atoms with E-state index in [4.69, 9.17) is 4.74 Å². The summed E-state index contributed by atoms with van der Waals surface area (Å²) in [6.45, 7) is 2.16. The van der Waals surface area contributed by atoms with Gasteiger partial charge in [0.1, 0.15) is 0 Å². The summed E-state index contributed by atoms with van der Waals surface area (Å²) in [5.74, 6) is 1.75. The van der Waals surface area contributed by atoms with Crippen LogP contribution in [0.5, 0.6) is 5.88 Å². The fourth-order valence-corrected chi connectivity index (χ4v) is 3.19. The van der Waals surface area contributed by atoms with Crippen LogP contribution in [0.4, 0.5) is 0 Å². The van der Waals surface area contributed by atoms with Crippen LogP contribution in [0.1, 0.15) is 47.7 Å². The van der Waals surface area contributed by atoms with Crippen molar-refractivity contribution in [2.45, 2.75) is 31.6 Å². The topological polar surface area (TPSA) is 68.2 Å². The van der Waals surface area contributed by atoms with Gasteiger partial charge in [-0.3, -0.25) is 9.78 Å². The Morgan fingerprint density at radius 3 is 2.44 bits per heavy atom. The molecule has 0 unspecified atom stereocenters. The van der Waals surface area contributed by atoms with E-state index in [2.05, 4.69) is 15.2 Å². The molecule has 0 aromatic carbocycles. The largest absolute Gasteiger partial charge is 0.476 e. The Hall–Kier alpha value is -2.50. The molecule has 1 saturated heterocycles. The lowest BCUT2D eigenvalue weighted by atomic mass is 9.97. The minimum Gasteiger partial charge on any atom is -0.476 e. The highest BCUT2D eigenvalue weighted by atomic mass is 16.5. The van der Waals surface area contributed by atoms with Gasteiger partial charge in [-0.25, -0.2) is 0 Å². The van der Waals surface area contributed by atoms with Crippen LogP contribution < -0.4 is 4.74 Å². The van der Waals surface area contributed by atoms with Crippen molar-refractivity contribution in [3.63, 3.8) is 0 Å². The lowest BCUT2D eigenvalue weighted by molar-refractivity contribution is 0.0659. The van der Waals surface area contributed by atoms with Crippen LogP contribution in [0.2, 0.25) is 0 Å². The van der Waals surface area contributed by atoms with Gasteiger partial charge in [0, 0.05) is 43.0 Å². The molecule has 0 N–H and O–H groups in total. The van der Waals surface area contributed by atoms with Gasteiger partial charge in [-0.1, -0.05) is 0 Å². The van der Waals surface area contributed by atoms with Crippen LogP contribution in [-0.2, 0) is 0 Å². The maximum Gasteiger partial charge on any atom is 0.253 e. The molecule has 2 aromatic rings. The zero-order valence-corrected chi connectivity index (χ0v) is 14.2. The first kappa shape index (κ1) is 16.0. The van der Waals surface area contributed by atoms with Gasteiger partial charge in [0.2, 0.25) is 5.88 Å². The van der Waals surface area contributed by atoms with Gasteiger partial charge in [0.25, 0.3) is 5.91 Å². The molecule has 6 nitrogen and oxygen atoms in total. The van der Waals surface area contributed by atoms with Crippen molar-refractivity contribution in [3.05, 3.63) is 47.9 Å². The Morgan fingerprint density at radius 2 is 1.80 bits per heavy atom.